The maximum absolute atomic E-state index is 14.2. The molecule has 0 radical (unpaired) electrons. The summed E-state index contributed by atoms with van der Waals surface area (Å²) in [6.07, 6.45) is 2.72. The smallest absolute Gasteiger partial charge is 0.225 e. The molecular formula is C19H18ClFN8O. The third-order valence-electron chi connectivity index (χ3n) is 5.01. The van der Waals surface area contributed by atoms with Gasteiger partial charge in [-0.05, 0) is 18.1 Å². The molecule has 3 aromatic heterocycles. The summed E-state index contributed by atoms with van der Waals surface area (Å²) >= 11 is 6.48. The molecule has 1 aromatic carbocycles. The number of hydrogen-bond donors (Lipinski definition) is 4. The molecule has 1 fully saturated rings. The van der Waals surface area contributed by atoms with Crippen LogP contribution in [0.1, 0.15) is 22.7 Å². The first-order chi connectivity index (χ1) is 14.6. The van der Waals surface area contributed by atoms with Crippen molar-refractivity contribution in [3.05, 3.63) is 52.3 Å². The highest BCUT2D eigenvalue weighted by molar-refractivity contribution is 6.35. The lowest BCUT2D eigenvalue weighted by Gasteiger charge is -2.24. The quantitative estimate of drug-likeness (QED) is 0.370. The van der Waals surface area contributed by atoms with Gasteiger partial charge >= 0.3 is 0 Å². The molecule has 0 saturated carbocycles. The SMILES string of the molecule is Cc1cc(CNc2ncc(F)c(Nc3cc(C4COC4)[nH]n3)n2)c(Cl)c2[nH]cnc12. The van der Waals surface area contributed by atoms with E-state index in [4.69, 9.17) is 16.3 Å². The molecule has 0 unspecified atom stereocenters. The summed E-state index contributed by atoms with van der Waals surface area (Å²) in [5.74, 6) is 0.483. The Morgan fingerprint density at radius 3 is 2.97 bits per heavy atom. The van der Waals surface area contributed by atoms with Crippen LogP contribution >= 0.6 is 11.6 Å². The Balaban J connectivity index is 1.32. The highest BCUT2D eigenvalue weighted by atomic mass is 35.5. The van der Waals surface area contributed by atoms with Crippen molar-refractivity contribution in [1.29, 1.82) is 0 Å². The molecule has 1 saturated heterocycles. The Morgan fingerprint density at radius 1 is 1.30 bits per heavy atom. The van der Waals surface area contributed by atoms with Crippen LogP contribution in [0.4, 0.5) is 22.0 Å². The van der Waals surface area contributed by atoms with Crippen LogP contribution in [0.3, 0.4) is 0 Å². The number of H-pyrrole nitrogens is 2. The Kier molecular flexibility index (Phi) is 4.72. The lowest BCUT2D eigenvalue weighted by atomic mass is 10.0. The van der Waals surface area contributed by atoms with Crippen LogP contribution in [-0.2, 0) is 11.3 Å². The molecule has 11 heteroatoms. The summed E-state index contributed by atoms with van der Waals surface area (Å²) in [7, 11) is 0. The number of aryl methyl sites for hydroxylation is 1. The summed E-state index contributed by atoms with van der Waals surface area (Å²) in [5, 5.41) is 13.6. The fourth-order valence-corrected chi connectivity index (χ4v) is 3.57. The van der Waals surface area contributed by atoms with Crippen molar-refractivity contribution in [2.24, 2.45) is 0 Å². The predicted molar refractivity (Wildman–Crippen MR) is 111 cm³/mol. The number of anilines is 3. The maximum Gasteiger partial charge on any atom is 0.225 e. The third-order valence-corrected chi connectivity index (χ3v) is 5.44. The van der Waals surface area contributed by atoms with E-state index in [-0.39, 0.29) is 11.8 Å². The van der Waals surface area contributed by atoms with Gasteiger partial charge in [-0.25, -0.2) is 14.4 Å². The predicted octanol–water partition coefficient (Wildman–Crippen LogP) is 3.65. The van der Waals surface area contributed by atoms with Crippen molar-refractivity contribution >= 4 is 40.2 Å². The number of benzene rings is 1. The second kappa shape index (κ2) is 7.54. The van der Waals surface area contributed by atoms with Gasteiger partial charge in [0.2, 0.25) is 5.95 Å². The summed E-state index contributed by atoms with van der Waals surface area (Å²) in [6, 6.07) is 3.78. The molecule has 0 atom stereocenters. The van der Waals surface area contributed by atoms with Crippen LogP contribution in [0.2, 0.25) is 5.02 Å². The third kappa shape index (κ3) is 3.44. The van der Waals surface area contributed by atoms with Crippen LogP contribution in [0, 0.1) is 12.7 Å². The largest absolute Gasteiger partial charge is 0.380 e. The first-order valence-corrected chi connectivity index (χ1v) is 9.74. The molecule has 4 heterocycles. The van der Waals surface area contributed by atoms with Crippen LogP contribution in [0.25, 0.3) is 11.0 Å². The highest BCUT2D eigenvalue weighted by Gasteiger charge is 2.23. The Morgan fingerprint density at radius 2 is 2.17 bits per heavy atom. The fourth-order valence-electron chi connectivity index (χ4n) is 3.30. The zero-order chi connectivity index (χ0) is 20.7. The molecule has 5 rings (SSSR count). The number of nitrogens with one attached hydrogen (secondary N) is 4. The maximum atomic E-state index is 14.2. The number of nitrogens with zero attached hydrogens (tertiary/aromatic N) is 4. The van der Waals surface area contributed by atoms with E-state index in [0.717, 1.165) is 34.1 Å². The van der Waals surface area contributed by atoms with Gasteiger partial charge in [-0.2, -0.15) is 10.1 Å². The van der Waals surface area contributed by atoms with Crippen LogP contribution in [0.5, 0.6) is 0 Å². The summed E-state index contributed by atoms with van der Waals surface area (Å²) in [5.41, 5.74) is 4.41. The van der Waals surface area contributed by atoms with Crippen molar-refractivity contribution in [1.82, 2.24) is 30.1 Å². The Hall–Kier alpha value is -3.24. The van der Waals surface area contributed by atoms with Crippen molar-refractivity contribution < 1.29 is 9.13 Å². The number of aromatic amines is 2. The summed E-state index contributed by atoms with van der Waals surface area (Å²) in [4.78, 5) is 15.6. The van der Waals surface area contributed by atoms with Gasteiger partial charge in [-0.1, -0.05) is 17.7 Å². The van der Waals surface area contributed by atoms with Gasteiger partial charge in [0.25, 0.3) is 0 Å². The van der Waals surface area contributed by atoms with Crippen molar-refractivity contribution in [2.75, 3.05) is 23.8 Å². The number of aromatic nitrogens is 6. The number of imidazole rings is 1. The number of rotatable bonds is 6. The normalized spacial score (nSPS) is 14.1. The van der Waals surface area contributed by atoms with Crippen LogP contribution < -0.4 is 10.6 Å². The zero-order valence-corrected chi connectivity index (χ0v) is 16.7. The Bertz CT molecular complexity index is 1220. The van der Waals surface area contributed by atoms with E-state index in [1.54, 1.807) is 6.33 Å². The van der Waals surface area contributed by atoms with E-state index in [2.05, 4.69) is 40.8 Å². The molecule has 4 N–H and O–H groups in total. The minimum absolute atomic E-state index is 0.0294. The molecule has 0 aliphatic carbocycles. The molecule has 1 aliphatic rings. The van der Waals surface area contributed by atoms with Gasteiger partial charge in [-0.3, -0.25) is 5.10 Å². The number of fused-ring (bicyclic) bond motifs is 1. The standard InChI is InChI=1S/C19H18ClFN8O/c1-9-2-10(15(20)17-16(9)24-8-25-17)4-22-19-23-5-12(21)18(27-19)26-14-3-13(28-29-14)11-6-30-7-11/h2-3,5,8,11H,4,6-7H2,1H3,(H,24,25)(H3,22,23,26,27,28,29). The highest BCUT2D eigenvalue weighted by Crippen LogP contribution is 2.29. The molecule has 30 heavy (non-hydrogen) atoms. The van der Waals surface area contributed by atoms with Gasteiger partial charge < -0.3 is 20.4 Å². The lowest BCUT2D eigenvalue weighted by molar-refractivity contribution is 0.00670. The first kappa shape index (κ1) is 18.8. The molecule has 0 bridgehead atoms. The van der Waals surface area contributed by atoms with E-state index in [9.17, 15) is 4.39 Å². The summed E-state index contributed by atoms with van der Waals surface area (Å²) in [6.45, 7) is 3.65. The average molecular weight is 429 g/mol. The van der Waals surface area contributed by atoms with E-state index in [1.807, 2.05) is 19.1 Å². The number of halogens is 2. The molecule has 0 amide bonds. The van der Waals surface area contributed by atoms with Crippen molar-refractivity contribution in [2.45, 2.75) is 19.4 Å². The summed E-state index contributed by atoms with van der Waals surface area (Å²) < 4.78 is 19.4. The number of ether oxygens (including phenoxy) is 1. The monoisotopic (exact) mass is 428 g/mol. The molecular weight excluding hydrogens is 411 g/mol. The average Bonchev–Trinajstić information content (AvgIpc) is 3.35. The van der Waals surface area contributed by atoms with E-state index in [0.29, 0.717) is 36.5 Å². The zero-order valence-electron chi connectivity index (χ0n) is 16.0. The topological polar surface area (TPSA) is 116 Å². The van der Waals surface area contributed by atoms with Gasteiger partial charge in [0.15, 0.2) is 17.5 Å². The Labute approximate surface area is 175 Å². The molecule has 9 nitrogen and oxygen atoms in total. The second-order valence-electron chi connectivity index (χ2n) is 7.10. The number of hydrogen-bond acceptors (Lipinski definition) is 7. The lowest BCUT2D eigenvalue weighted by Crippen LogP contribution is -2.25. The van der Waals surface area contributed by atoms with Crippen LogP contribution in [0.15, 0.2) is 24.7 Å². The van der Waals surface area contributed by atoms with Crippen molar-refractivity contribution in [3.8, 4) is 0 Å². The van der Waals surface area contributed by atoms with Gasteiger partial charge in [0.05, 0.1) is 41.8 Å². The van der Waals surface area contributed by atoms with E-state index < -0.39 is 5.82 Å². The molecule has 4 aromatic rings. The molecule has 1 aliphatic heterocycles. The van der Waals surface area contributed by atoms with Gasteiger partial charge in [0.1, 0.15) is 0 Å². The first-order valence-electron chi connectivity index (χ1n) is 9.36. The van der Waals surface area contributed by atoms with Gasteiger partial charge in [0, 0.05) is 24.2 Å². The minimum atomic E-state index is -0.579. The molecule has 0 spiro atoms. The fraction of sp³-hybridized carbons (Fsp3) is 0.263. The second-order valence-corrected chi connectivity index (χ2v) is 7.48. The van der Waals surface area contributed by atoms with Gasteiger partial charge in [-0.15, -0.1) is 0 Å². The minimum Gasteiger partial charge on any atom is -0.380 e. The van der Waals surface area contributed by atoms with Crippen LogP contribution in [-0.4, -0.2) is 43.3 Å². The van der Waals surface area contributed by atoms with E-state index >= 15 is 0 Å². The molecule has 154 valence electrons. The van der Waals surface area contributed by atoms with E-state index in [1.165, 1.54) is 0 Å². The van der Waals surface area contributed by atoms with Crippen molar-refractivity contribution in [3.63, 3.8) is 0 Å².